The predicted octanol–water partition coefficient (Wildman–Crippen LogP) is 2.65. The number of hydrogen-bond donors (Lipinski definition) is 2. The quantitative estimate of drug-likeness (QED) is 0.671. The number of urea groups is 1. The van der Waals surface area contributed by atoms with Crippen molar-refractivity contribution in [2.75, 3.05) is 25.6 Å². The summed E-state index contributed by atoms with van der Waals surface area (Å²) in [5.74, 6) is 0.803. The molecule has 0 bridgehead atoms. The van der Waals surface area contributed by atoms with Crippen molar-refractivity contribution in [3.8, 4) is 17.2 Å². The molecule has 2 aromatic rings. The Hall–Kier alpha value is -3.75. The molecule has 2 heterocycles. The third-order valence-electron chi connectivity index (χ3n) is 5.81. The lowest BCUT2D eigenvalue weighted by molar-refractivity contribution is -0.136. The van der Waals surface area contributed by atoms with Crippen molar-refractivity contribution < 1.29 is 28.6 Å². The van der Waals surface area contributed by atoms with Crippen LogP contribution in [0.2, 0.25) is 0 Å². The van der Waals surface area contributed by atoms with E-state index in [9.17, 15) is 14.4 Å². The molecule has 32 heavy (non-hydrogen) atoms. The summed E-state index contributed by atoms with van der Waals surface area (Å²) in [6, 6.07) is 10.3. The van der Waals surface area contributed by atoms with Crippen LogP contribution in [0.1, 0.15) is 25.8 Å². The van der Waals surface area contributed by atoms with Crippen molar-refractivity contribution in [1.82, 2.24) is 10.2 Å². The second kappa shape index (κ2) is 8.41. The van der Waals surface area contributed by atoms with Crippen LogP contribution in [0.3, 0.4) is 0 Å². The number of anilines is 1. The van der Waals surface area contributed by atoms with Crippen LogP contribution < -0.4 is 24.8 Å². The standard InChI is InChI=1S/C23H25N3O6/c1-4-23(15-5-8-17(30-3)9-6-15)21(28)26(22(29)25-23)14(2)20(27)24-16-7-10-18-19(13-16)32-12-11-31-18/h5-10,13-14H,4,11-12H2,1-3H3,(H,24,27)(H,25,29)/t14-,23+/m0/s1. The molecule has 2 aliphatic heterocycles. The maximum Gasteiger partial charge on any atom is 0.326 e. The summed E-state index contributed by atoms with van der Waals surface area (Å²) in [5, 5.41) is 5.54. The number of nitrogens with zero attached hydrogens (tertiary/aromatic N) is 1. The number of carbonyl (C=O) groups excluding carboxylic acids is 3. The van der Waals surface area contributed by atoms with Gasteiger partial charge in [0.15, 0.2) is 11.5 Å². The number of ether oxygens (including phenoxy) is 3. The van der Waals surface area contributed by atoms with Crippen LogP contribution in [-0.4, -0.2) is 49.1 Å². The minimum Gasteiger partial charge on any atom is -0.497 e. The molecule has 1 fully saturated rings. The van der Waals surface area contributed by atoms with Gasteiger partial charge in [0.25, 0.3) is 5.91 Å². The minimum absolute atomic E-state index is 0.330. The summed E-state index contributed by atoms with van der Waals surface area (Å²) in [6.07, 6.45) is 0.330. The molecule has 1 saturated heterocycles. The fourth-order valence-electron chi connectivity index (χ4n) is 3.95. The first-order valence-corrected chi connectivity index (χ1v) is 10.4. The van der Waals surface area contributed by atoms with Crippen molar-refractivity contribution >= 4 is 23.5 Å². The van der Waals surface area contributed by atoms with Crippen molar-refractivity contribution in [2.24, 2.45) is 0 Å². The summed E-state index contributed by atoms with van der Waals surface area (Å²) in [6.45, 7) is 4.22. The fraction of sp³-hybridized carbons (Fsp3) is 0.348. The van der Waals surface area contributed by atoms with E-state index in [1.165, 1.54) is 6.92 Å². The molecule has 2 atom stereocenters. The zero-order valence-electron chi connectivity index (χ0n) is 18.1. The number of imide groups is 1. The van der Waals surface area contributed by atoms with Crippen LogP contribution in [0.25, 0.3) is 0 Å². The van der Waals surface area contributed by atoms with E-state index in [0.29, 0.717) is 48.1 Å². The number of fused-ring (bicyclic) bond motifs is 1. The summed E-state index contributed by atoms with van der Waals surface area (Å²) in [4.78, 5) is 40.1. The van der Waals surface area contributed by atoms with Gasteiger partial charge in [0.05, 0.1) is 7.11 Å². The predicted molar refractivity (Wildman–Crippen MR) is 116 cm³/mol. The molecule has 0 spiro atoms. The lowest BCUT2D eigenvalue weighted by Gasteiger charge is -2.27. The minimum atomic E-state index is -1.24. The molecule has 9 nitrogen and oxygen atoms in total. The first-order chi connectivity index (χ1) is 15.4. The van der Waals surface area contributed by atoms with Gasteiger partial charge >= 0.3 is 6.03 Å². The zero-order valence-corrected chi connectivity index (χ0v) is 18.1. The Morgan fingerprint density at radius 3 is 2.50 bits per heavy atom. The highest BCUT2D eigenvalue weighted by molar-refractivity contribution is 6.11. The van der Waals surface area contributed by atoms with Crippen LogP contribution in [0, 0.1) is 0 Å². The summed E-state index contributed by atoms with van der Waals surface area (Å²) in [5.41, 5.74) is -0.134. The molecule has 0 unspecified atom stereocenters. The first kappa shape index (κ1) is 21.5. The molecule has 2 N–H and O–H groups in total. The summed E-state index contributed by atoms with van der Waals surface area (Å²) >= 11 is 0. The SMILES string of the molecule is CC[C@]1(c2ccc(OC)cc2)NC(=O)N([C@@H](C)C(=O)Nc2ccc3c(c2)OCCO3)C1=O. The first-order valence-electron chi connectivity index (χ1n) is 10.4. The van der Waals surface area contributed by atoms with Gasteiger partial charge in [-0.15, -0.1) is 0 Å². The smallest absolute Gasteiger partial charge is 0.326 e. The normalized spacial score (nSPS) is 20.5. The zero-order chi connectivity index (χ0) is 22.9. The molecule has 0 radical (unpaired) electrons. The lowest BCUT2D eigenvalue weighted by atomic mass is 9.87. The topological polar surface area (TPSA) is 106 Å². The second-order valence-corrected chi connectivity index (χ2v) is 7.62. The van der Waals surface area contributed by atoms with Gasteiger partial charge in [0.2, 0.25) is 5.91 Å². The van der Waals surface area contributed by atoms with Crippen molar-refractivity contribution in [2.45, 2.75) is 31.8 Å². The lowest BCUT2D eigenvalue weighted by Crippen LogP contribution is -2.47. The molecule has 2 aromatic carbocycles. The van der Waals surface area contributed by atoms with Gasteiger partial charge in [0, 0.05) is 11.8 Å². The van der Waals surface area contributed by atoms with Crippen LogP contribution in [0.15, 0.2) is 42.5 Å². The Kier molecular flexibility index (Phi) is 5.65. The average Bonchev–Trinajstić information content (AvgIpc) is 3.08. The van der Waals surface area contributed by atoms with Crippen LogP contribution in [0.4, 0.5) is 10.5 Å². The molecule has 0 aliphatic carbocycles. The average molecular weight is 439 g/mol. The Labute approximate surface area is 185 Å². The third kappa shape index (κ3) is 3.59. The van der Waals surface area contributed by atoms with E-state index >= 15 is 0 Å². The fourth-order valence-corrected chi connectivity index (χ4v) is 3.95. The van der Waals surface area contributed by atoms with Crippen LogP contribution >= 0.6 is 0 Å². The van der Waals surface area contributed by atoms with E-state index < -0.39 is 29.4 Å². The van der Waals surface area contributed by atoms with Crippen LogP contribution in [-0.2, 0) is 15.1 Å². The highest BCUT2D eigenvalue weighted by atomic mass is 16.6. The van der Waals surface area contributed by atoms with Gasteiger partial charge in [-0.3, -0.25) is 9.59 Å². The van der Waals surface area contributed by atoms with Gasteiger partial charge in [-0.25, -0.2) is 9.69 Å². The number of benzene rings is 2. The number of hydrogen-bond acceptors (Lipinski definition) is 6. The summed E-state index contributed by atoms with van der Waals surface area (Å²) in [7, 11) is 1.55. The van der Waals surface area contributed by atoms with Crippen molar-refractivity contribution in [3.05, 3.63) is 48.0 Å². The molecule has 9 heteroatoms. The van der Waals surface area contributed by atoms with Crippen LogP contribution in [0.5, 0.6) is 17.2 Å². The van der Waals surface area contributed by atoms with Crippen molar-refractivity contribution in [1.29, 1.82) is 0 Å². The molecule has 4 rings (SSSR count). The van der Waals surface area contributed by atoms with E-state index in [2.05, 4.69) is 10.6 Å². The Morgan fingerprint density at radius 1 is 1.16 bits per heavy atom. The van der Waals surface area contributed by atoms with E-state index in [-0.39, 0.29) is 0 Å². The largest absolute Gasteiger partial charge is 0.497 e. The van der Waals surface area contributed by atoms with Gasteiger partial charge in [-0.1, -0.05) is 19.1 Å². The number of amides is 4. The second-order valence-electron chi connectivity index (χ2n) is 7.62. The molecule has 0 aromatic heterocycles. The molecule has 168 valence electrons. The number of methoxy groups -OCH3 is 1. The molecule has 0 saturated carbocycles. The molecule has 2 aliphatic rings. The van der Waals surface area contributed by atoms with Gasteiger partial charge in [0.1, 0.15) is 30.5 Å². The molecule has 4 amide bonds. The molecular formula is C23H25N3O6. The summed E-state index contributed by atoms with van der Waals surface area (Å²) < 4.78 is 16.2. The maximum absolute atomic E-state index is 13.4. The number of carbonyl (C=O) groups is 3. The highest BCUT2D eigenvalue weighted by Gasteiger charge is 2.53. The van der Waals surface area contributed by atoms with Gasteiger partial charge in [-0.05, 0) is 43.2 Å². The Morgan fingerprint density at radius 2 is 1.84 bits per heavy atom. The van der Waals surface area contributed by atoms with E-state index in [1.54, 1.807) is 49.6 Å². The van der Waals surface area contributed by atoms with E-state index in [1.807, 2.05) is 6.92 Å². The van der Waals surface area contributed by atoms with E-state index in [0.717, 1.165) is 4.90 Å². The van der Waals surface area contributed by atoms with Crippen molar-refractivity contribution in [3.63, 3.8) is 0 Å². The van der Waals surface area contributed by atoms with Gasteiger partial charge < -0.3 is 24.8 Å². The Bertz CT molecular complexity index is 1050. The highest BCUT2D eigenvalue weighted by Crippen LogP contribution is 2.35. The number of rotatable bonds is 6. The van der Waals surface area contributed by atoms with E-state index in [4.69, 9.17) is 14.2 Å². The molecular weight excluding hydrogens is 414 g/mol. The van der Waals surface area contributed by atoms with Gasteiger partial charge in [-0.2, -0.15) is 0 Å². The number of nitrogens with one attached hydrogen (secondary N) is 2. The third-order valence-corrected chi connectivity index (χ3v) is 5.81. The maximum atomic E-state index is 13.4. The Balaban J connectivity index is 1.54. The monoisotopic (exact) mass is 439 g/mol.